The molecule has 4 heteroatoms. The molecule has 0 atom stereocenters. The Balaban J connectivity index is 0.000000201. The van der Waals surface area contributed by atoms with Crippen LogP contribution in [0.2, 0.25) is 0 Å². The first-order valence-electron chi connectivity index (χ1n) is 8.34. The third kappa shape index (κ3) is 8.44. The van der Waals surface area contributed by atoms with Gasteiger partial charge in [-0.3, -0.25) is 0 Å². The first kappa shape index (κ1) is 23.5. The van der Waals surface area contributed by atoms with Crippen molar-refractivity contribution in [2.24, 2.45) is 0 Å². The molecular formula is C22H23Cl2SZr-3. The molecule has 0 bridgehead atoms. The molecule has 0 aliphatic rings. The van der Waals surface area contributed by atoms with Crippen molar-refractivity contribution in [1.82, 2.24) is 0 Å². The molecule has 0 amide bonds. The molecule has 0 aliphatic carbocycles. The number of aryl methyl sites for hydroxylation is 2. The van der Waals surface area contributed by atoms with E-state index in [2.05, 4.69) is 99.3 Å². The Morgan fingerprint density at radius 1 is 0.808 bits per heavy atom. The fraction of sp³-hybridized carbons (Fsp3) is 0.182. The first-order valence-corrected chi connectivity index (χ1v) is 15.2. The van der Waals surface area contributed by atoms with Crippen molar-refractivity contribution in [2.75, 3.05) is 5.75 Å². The van der Waals surface area contributed by atoms with Gasteiger partial charge in [0.1, 0.15) is 0 Å². The second-order valence-corrected chi connectivity index (χ2v) is 9.99. The molecule has 0 aromatic heterocycles. The van der Waals surface area contributed by atoms with Crippen LogP contribution in [0.3, 0.4) is 0 Å². The van der Waals surface area contributed by atoms with E-state index in [0.717, 1.165) is 5.75 Å². The van der Waals surface area contributed by atoms with Crippen molar-refractivity contribution in [1.29, 1.82) is 0 Å². The molecular weight excluding hydrogens is 458 g/mol. The summed E-state index contributed by atoms with van der Waals surface area (Å²) in [5.74, 6) is 0.833. The van der Waals surface area contributed by atoms with E-state index in [4.69, 9.17) is 17.0 Å². The van der Waals surface area contributed by atoms with Gasteiger partial charge in [-0.25, -0.2) is 0 Å². The van der Waals surface area contributed by atoms with E-state index in [1.807, 2.05) is 6.92 Å². The minimum atomic E-state index is -0.826. The predicted octanol–water partition coefficient (Wildman–Crippen LogP) is 7.66. The van der Waals surface area contributed by atoms with Crippen LogP contribution in [0, 0.1) is 13.8 Å². The zero-order chi connectivity index (χ0) is 19.4. The van der Waals surface area contributed by atoms with Crippen LogP contribution in [0.15, 0.2) is 72.8 Å². The molecule has 0 saturated heterocycles. The zero-order valence-corrected chi connectivity index (χ0v) is 20.1. The van der Waals surface area contributed by atoms with Gasteiger partial charge in [-0.2, -0.15) is 17.9 Å². The molecule has 138 valence electrons. The quantitative estimate of drug-likeness (QED) is 0.183. The molecule has 0 radical (unpaired) electrons. The Kier molecular flexibility index (Phi) is 12.3. The Labute approximate surface area is 181 Å². The number of hydrogen-bond acceptors (Lipinski definition) is 1. The van der Waals surface area contributed by atoms with Crippen molar-refractivity contribution in [3.63, 3.8) is 0 Å². The number of rotatable bonds is 0. The normalized spacial score (nSPS) is 9.31. The summed E-state index contributed by atoms with van der Waals surface area (Å²) in [4.78, 5) is 0. The fourth-order valence-electron chi connectivity index (χ4n) is 2.61. The molecule has 26 heavy (non-hydrogen) atoms. The van der Waals surface area contributed by atoms with Crippen LogP contribution in [0.1, 0.15) is 18.1 Å². The molecule has 0 nitrogen and oxygen atoms in total. The summed E-state index contributed by atoms with van der Waals surface area (Å²) in [7, 11) is 9.87. The number of fused-ring (bicyclic) bond motifs is 2. The van der Waals surface area contributed by atoms with Crippen LogP contribution in [-0.2, 0) is 33.5 Å². The maximum atomic E-state index is 4.93. The van der Waals surface area contributed by atoms with E-state index in [-0.39, 0.29) is 0 Å². The Morgan fingerprint density at radius 2 is 1.12 bits per heavy atom. The van der Waals surface area contributed by atoms with Gasteiger partial charge in [0, 0.05) is 0 Å². The average molecular weight is 482 g/mol. The number of benzene rings is 2. The number of halogens is 2. The van der Waals surface area contributed by atoms with E-state index < -0.39 is 20.8 Å². The van der Waals surface area contributed by atoms with Crippen LogP contribution < -0.4 is 0 Å². The summed E-state index contributed by atoms with van der Waals surface area (Å²) in [5, 5.41) is 5.39. The van der Waals surface area contributed by atoms with E-state index in [1.165, 1.54) is 32.7 Å². The van der Waals surface area contributed by atoms with Gasteiger partial charge >= 0.3 is 37.9 Å². The SMILES string of the molecule is CC[S-].Cc1cc2ccccc2[cH-]1.Cc1cc2ccccc2[cH-]1.[Cl][Zr][Cl]. The molecule has 0 unspecified atom stereocenters. The van der Waals surface area contributed by atoms with Crippen molar-refractivity contribution < 1.29 is 20.8 Å². The summed E-state index contributed by atoms with van der Waals surface area (Å²) in [6.07, 6.45) is 0. The van der Waals surface area contributed by atoms with E-state index in [9.17, 15) is 0 Å². The Hall–Kier alpha value is -0.527. The van der Waals surface area contributed by atoms with Gasteiger partial charge in [-0.05, 0) is 0 Å². The fourth-order valence-corrected chi connectivity index (χ4v) is 2.61. The Morgan fingerprint density at radius 3 is 1.42 bits per heavy atom. The summed E-state index contributed by atoms with van der Waals surface area (Å²) in [6, 6.07) is 25.7. The van der Waals surface area contributed by atoms with Crippen molar-refractivity contribution in [3.8, 4) is 0 Å². The van der Waals surface area contributed by atoms with Crippen LogP contribution in [0.25, 0.3) is 21.5 Å². The van der Waals surface area contributed by atoms with Gasteiger partial charge in [-0.15, -0.1) is 81.2 Å². The second kappa shape index (κ2) is 13.6. The maximum absolute atomic E-state index is 4.93. The molecule has 0 heterocycles. The van der Waals surface area contributed by atoms with Gasteiger partial charge in [0.05, 0.1) is 0 Å². The molecule has 4 aromatic rings. The van der Waals surface area contributed by atoms with Crippen LogP contribution >= 0.6 is 17.0 Å². The van der Waals surface area contributed by atoms with E-state index in [0.29, 0.717) is 0 Å². The first-order chi connectivity index (χ1) is 12.5. The molecule has 4 aromatic carbocycles. The molecule has 0 fully saturated rings. The topological polar surface area (TPSA) is 0 Å². The molecule has 0 aliphatic heterocycles. The predicted molar refractivity (Wildman–Crippen MR) is 118 cm³/mol. The summed E-state index contributed by atoms with van der Waals surface area (Å²) in [5.41, 5.74) is 2.70. The van der Waals surface area contributed by atoms with Gasteiger partial charge < -0.3 is 12.6 Å². The summed E-state index contributed by atoms with van der Waals surface area (Å²) >= 11 is 3.57. The van der Waals surface area contributed by atoms with Crippen molar-refractivity contribution in [3.05, 3.63) is 83.9 Å². The van der Waals surface area contributed by atoms with Gasteiger partial charge in [-0.1, -0.05) is 32.9 Å². The van der Waals surface area contributed by atoms with Crippen LogP contribution in [-0.4, -0.2) is 5.75 Å². The summed E-state index contributed by atoms with van der Waals surface area (Å²) in [6.45, 7) is 6.19. The average Bonchev–Trinajstić information content (AvgIpc) is 3.17. The Bertz CT molecular complexity index is 740. The van der Waals surface area contributed by atoms with Crippen LogP contribution in [0.5, 0.6) is 0 Å². The van der Waals surface area contributed by atoms with Gasteiger partial charge in [0.25, 0.3) is 0 Å². The molecule has 4 rings (SSSR count). The third-order valence-electron chi connectivity index (χ3n) is 3.52. The standard InChI is InChI=1S/2C10H9.C2H6S.2ClH.Zr/c2*1-8-6-9-4-2-3-5-10(9)7-8;1-2-3;;;/h2*2-7H,1H3;3H,2H2,1H3;2*1H;/q2*-1;;;;+2/p-3. The molecule has 0 N–H and O–H groups in total. The van der Waals surface area contributed by atoms with Crippen molar-refractivity contribution in [2.45, 2.75) is 20.8 Å². The zero-order valence-electron chi connectivity index (χ0n) is 15.3. The number of hydrogen-bond donors (Lipinski definition) is 0. The molecule has 0 spiro atoms. The van der Waals surface area contributed by atoms with E-state index in [1.54, 1.807) is 0 Å². The molecule has 0 saturated carbocycles. The second-order valence-electron chi connectivity index (χ2n) is 5.68. The minimum absolute atomic E-state index is 0.826. The van der Waals surface area contributed by atoms with Gasteiger partial charge in [0.2, 0.25) is 0 Å². The monoisotopic (exact) mass is 479 g/mol. The van der Waals surface area contributed by atoms with Crippen molar-refractivity contribution >= 4 is 51.2 Å². The van der Waals surface area contributed by atoms with Gasteiger partial charge in [0.15, 0.2) is 0 Å². The third-order valence-corrected chi connectivity index (χ3v) is 3.52. The van der Waals surface area contributed by atoms with Crippen LogP contribution in [0.4, 0.5) is 0 Å². The van der Waals surface area contributed by atoms with E-state index >= 15 is 0 Å². The summed E-state index contributed by atoms with van der Waals surface area (Å²) < 4.78 is 0.